The lowest BCUT2D eigenvalue weighted by atomic mass is 9.92. The zero-order chi connectivity index (χ0) is 15.2. The second kappa shape index (κ2) is 8.98. The molecule has 0 radical (unpaired) electrons. The van der Waals surface area contributed by atoms with E-state index in [1.807, 2.05) is 38.1 Å². The van der Waals surface area contributed by atoms with Crippen LogP contribution in [0.25, 0.3) is 0 Å². The average Bonchev–Trinajstić information content (AvgIpc) is 2.49. The van der Waals surface area contributed by atoms with Gasteiger partial charge in [0.25, 0.3) is 0 Å². The summed E-state index contributed by atoms with van der Waals surface area (Å²) >= 11 is 0. The highest BCUT2D eigenvalue weighted by Crippen LogP contribution is 2.20. The molecule has 0 saturated carbocycles. The summed E-state index contributed by atoms with van der Waals surface area (Å²) in [7, 11) is 0. The molecule has 0 aromatic heterocycles. The highest BCUT2D eigenvalue weighted by atomic mass is 35.5. The van der Waals surface area contributed by atoms with E-state index in [1.165, 1.54) is 0 Å². The Morgan fingerprint density at radius 1 is 1.27 bits per heavy atom. The van der Waals surface area contributed by atoms with Crippen LogP contribution in [0.1, 0.15) is 26.7 Å². The van der Waals surface area contributed by atoms with E-state index in [0.717, 1.165) is 24.3 Å². The van der Waals surface area contributed by atoms with Gasteiger partial charge in [0.15, 0.2) is 0 Å². The molecule has 1 aliphatic rings. The molecule has 1 heterocycles. The van der Waals surface area contributed by atoms with Crippen molar-refractivity contribution in [2.24, 2.45) is 11.7 Å². The quantitative estimate of drug-likeness (QED) is 0.871. The fourth-order valence-electron chi connectivity index (χ4n) is 2.40. The van der Waals surface area contributed by atoms with Crippen LogP contribution in [0.15, 0.2) is 24.3 Å². The second-order valence-corrected chi connectivity index (χ2v) is 5.66. The second-order valence-electron chi connectivity index (χ2n) is 5.66. The summed E-state index contributed by atoms with van der Waals surface area (Å²) in [5, 5.41) is 2.86. The largest absolute Gasteiger partial charge is 0.491 e. The average molecular weight is 329 g/mol. The molecule has 0 bridgehead atoms. The van der Waals surface area contributed by atoms with E-state index in [4.69, 9.17) is 15.2 Å². The van der Waals surface area contributed by atoms with Gasteiger partial charge in [0.05, 0.1) is 12.1 Å². The molecule has 1 saturated heterocycles. The molecule has 124 valence electrons. The van der Waals surface area contributed by atoms with Crippen molar-refractivity contribution >= 4 is 24.0 Å². The van der Waals surface area contributed by atoms with Gasteiger partial charge in [-0.15, -0.1) is 12.4 Å². The first-order valence-corrected chi connectivity index (χ1v) is 7.47. The van der Waals surface area contributed by atoms with Gasteiger partial charge in [-0.3, -0.25) is 4.79 Å². The Labute approximate surface area is 138 Å². The molecular weight excluding hydrogens is 304 g/mol. The van der Waals surface area contributed by atoms with Crippen LogP contribution in [0.4, 0.5) is 5.69 Å². The highest BCUT2D eigenvalue weighted by Gasteiger charge is 2.26. The smallest absolute Gasteiger partial charge is 0.241 e. The predicted octanol–water partition coefficient (Wildman–Crippen LogP) is 2.59. The van der Waals surface area contributed by atoms with Crippen molar-refractivity contribution in [2.45, 2.75) is 38.8 Å². The molecule has 1 aromatic rings. The SMILES string of the molecule is CC(C)Oc1ccc(NC(=O)C(N)C2CCOCC2)cc1.Cl. The first kappa shape index (κ1) is 18.7. The number of hydrogen-bond acceptors (Lipinski definition) is 4. The molecule has 3 N–H and O–H groups in total. The van der Waals surface area contributed by atoms with Crippen LogP contribution in [0, 0.1) is 5.92 Å². The lowest BCUT2D eigenvalue weighted by molar-refractivity contribution is -0.119. The molecule has 1 amide bonds. The van der Waals surface area contributed by atoms with Gasteiger partial charge in [-0.1, -0.05) is 0 Å². The summed E-state index contributed by atoms with van der Waals surface area (Å²) in [6.07, 6.45) is 1.82. The Morgan fingerprint density at radius 3 is 2.41 bits per heavy atom. The molecule has 5 nitrogen and oxygen atoms in total. The van der Waals surface area contributed by atoms with Gasteiger partial charge >= 0.3 is 0 Å². The standard InChI is InChI=1S/C16H24N2O3.ClH/c1-11(2)21-14-5-3-13(4-6-14)18-16(19)15(17)12-7-9-20-10-8-12;/h3-6,11-12,15H,7-10,17H2,1-2H3,(H,18,19);1H. The third kappa shape index (κ3) is 5.48. The highest BCUT2D eigenvalue weighted by molar-refractivity contribution is 5.94. The Balaban J connectivity index is 0.00000242. The topological polar surface area (TPSA) is 73.6 Å². The number of nitrogens with one attached hydrogen (secondary N) is 1. The minimum atomic E-state index is -0.486. The van der Waals surface area contributed by atoms with Gasteiger partial charge in [0.2, 0.25) is 5.91 Å². The monoisotopic (exact) mass is 328 g/mol. The van der Waals surface area contributed by atoms with Crippen LogP contribution < -0.4 is 15.8 Å². The van der Waals surface area contributed by atoms with Crippen LogP contribution >= 0.6 is 12.4 Å². The number of anilines is 1. The van der Waals surface area contributed by atoms with Crippen LogP contribution in [-0.2, 0) is 9.53 Å². The Hall–Kier alpha value is -1.30. The van der Waals surface area contributed by atoms with Crippen molar-refractivity contribution in [1.29, 1.82) is 0 Å². The number of hydrogen-bond donors (Lipinski definition) is 2. The summed E-state index contributed by atoms with van der Waals surface area (Å²) in [6, 6.07) is 6.85. The van der Waals surface area contributed by atoms with Crippen molar-refractivity contribution in [3.8, 4) is 5.75 Å². The first-order chi connectivity index (χ1) is 10.1. The van der Waals surface area contributed by atoms with Gasteiger partial charge in [-0.2, -0.15) is 0 Å². The molecule has 0 aliphatic carbocycles. The summed E-state index contributed by atoms with van der Waals surface area (Å²) in [5.74, 6) is 0.846. The number of halogens is 1. The van der Waals surface area contributed by atoms with E-state index in [2.05, 4.69) is 5.32 Å². The molecular formula is C16H25ClN2O3. The van der Waals surface area contributed by atoms with E-state index in [0.29, 0.717) is 13.2 Å². The fraction of sp³-hybridized carbons (Fsp3) is 0.562. The number of carbonyl (C=O) groups excluding carboxylic acids is 1. The first-order valence-electron chi connectivity index (χ1n) is 7.47. The third-order valence-electron chi connectivity index (χ3n) is 3.57. The molecule has 22 heavy (non-hydrogen) atoms. The maximum absolute atomic E-state index is 12.2. The van der Waals surface area contributed by atoms with E-state index in [-0.39, 0.29) is 30.3 Å². The Kier molecular flexibility index (Phi) is 7.65. The lowest BCUT2D eigenvalue weighted by Crippen LogP contribution is -2.43. The maximum Gasteiger partial charge on any atom is 0.241 e. The number of carbonyl (C=O) groups is 1. The number of rotatable bonds is 5. The van der Waals surface area contributed by atoms with Crippen LogP contribution in [0.2, 0.25) is 0 Å². The summed E-state index contributed by atoms with van der Waals surface area (Å²) in [6.45, 7) is 5.32. The van der Waals surface area contributed by atoms with Gasteiger partial charge in [0, 0.05) is 18.9 Å². The number of nitrogens with two attached hydrogens (primary N) is 1. The van der Waals surface area contributed by atoms with E-state index in [1.54, 1.807) is 0 Å². The van der Waals surface area contributed by atoms with E-state index < -0.39 is 6.04 Å². The molecule has 6 heteroatoms. The van der Waals surface area contributed by atoms with Gasteiger partial charge < -0.3 is 20.5 Å². The Bertz CT molecular complexity index is 459. The number of amides is 1. The zero-order valence-corrected chi connectivity index (χ0v) is 13.9. The van der Waals surface area contributed by atoms with Crippen LogP contribution in [0.5, 0.6) is 5.75 Å². The zero-order valence-electron chi connectivity index (χ0n) is 13.1. The summed E-state index contributed by atoms with van der Waals surface area (Å²) in [4.78, 5) is 12.2. The molecule has 1 unspecified atom stereocenters. The third-order valence-corrected chi connectivity index (χ3v) is 3.57. The minimum absolute atomic E-state index is 0. The summed E-state index contributed by atoms with van der Waals surface area (Å²) < 4.78 is 10.9. The molecule has 1 atom stereocenters. The van der Waals surface area contributed by atoms with Gasteiger partial charge in [-0.25, -0.2) is 0 Å². The molecule has 1 fully saturated rings. The lowest BCUT2D eigenvalue weighted by Gasteiger charge is -2.26. The van der Waals surface area contributed by atoms with Crippen LogP contribution in [0.3, 0.4) is 0 Å². The van der Waals surface area contributed by atoms with Crippen molar-refractivity contribution in [3.63, 3.8) is 0 Å². The normalized spacial score (nSPS) is 16.7. The minimum Gasteiger partial charge on any atom is -0.491 e. The van der Waals surface area contributed by atoms with Crippen molar-refractivity contribution < 1.29 is 14.3 Å². The molecule has 2 rings (SSSR count). The van der Waals surface area contributed by atoms with Gasteiger partial charge in [-0.05, 0) is 56.9 Å². The van der Waals surface area contributed by atoms with Crippen molar-refractivity contribution in [3.05, 3.63) is 24.3 Å². The van der Waals surface area contributed by atoms with E-state index in [9.17, 15) is 4.79 Å². The molecule has 0 spiro atoms. The molecule has 1 aliphatic heterocycles. The summed E-state index contributed by atoms with van der Waals surface area (Å²) in [5.41, 5.74) is 6.78. The predicted molar refractivity (Wildman–Crippen MR) is 89.6 cm³/mol. The van der Waals surface area contributed by atoms with E-state index >= 15 is 0 Å². The number of benzene rings is 1. The fourth-order valence-corrected chi connectivity index (χ4v) is 2.40. The Morgan fingerprint density at radius 2 is 1.86 bits per heavy atom. The van der Waals surface area contributed by atoms with Gasteiger partial charge in [0.1, 0.15) is 5.75 Å². The number of ether oxygens (including phenoxy) is 2. The van der Waals surface area contributed by atoms with Crippen LogP contribution in [-0.4, -0.2) is 31.3 Å². The van der Waals surface area contributed by atoms with Crippen molar-refractivity contribution in [2.75, 3.05) is 18.5 Å². The van der Waals surface area contributed by atoms with Crippen molar-refractivity contribution in [1.82, 2.24) is 0 Å². The molecule has 1 aromatic carbocycles. The maximum atomic E-state index is 12.2.